The molecule has 0 radical (unpaired) electrons. The van der Waals surface area contributed by atoms with Crippen molar-refractivity contribution in [3.63, 3.8) is 0 Å². The van der Waals surface area contributed by atoms with Crippen LogP contribution < -0.4 is 10.0 Å². The Balaban J connectivity index is 1.71. The predicted octanol–water partition coefficient (Wildman–Crippen LogP) is 2.72. The molecule has 29 heavy (non-hydrogen) atoms. The molecule has 1 aliphatic rings. The first-order valence-electron chi connectivity index (χ1n) is 10.2. The van der Waals surface area contributed by atoms with Crippen molar-refractivity contribution >= 4 is 21.9 Å². The molecule has 1 fully saturated rings. The molecule has 1 aliphatic carbocycles. The number of hydrogen-bond donors (Lipinski definition) is 2. The van der Waals surface area contributed by atoms with Crippen LogP contribution in [0.5, 0.6) is 0 Å². The molecule has 7 nitrogen and oxygen atoms in total. The van der Waals surface area contributed by atoms with Gasteiger partial charge in [0.1, 0.15) is 0 Å². The fraction of sp³-hybridized carbons (Fsp3) is 0.619. The molecule has 2 N–H and O–H groups in total. The van der Waals surface area contributed by atoms with E-state index in [1.165, 1.54) is 6.42 Å². The van der Waals surface area contributed by atoms with E-state index in [0.29, 0.717) is 11.8 Å². The van der Waals surface area contributed by atoms with E-state index in [2.05, 4.69) is 17.0 Å². The summed E-state index contributed by atoms with van der Waals surface area (Å²) in [5.41, 5.74) is 1.05. The van der Waals surface area contributed by atoms with Gasteiger partial charge in [0.05, 0.1) is 11.3 Å². The summed E-state index contributed by atoms with van der Waals surface area (Å²) in [4.78, 5) is 23.9. The topological polar surface area (TPSA) is 102 Å². The van der Waals surface area contributed by atoms with Gasteiger partial charge in [0, 0.05) is 12.6 Å². The van der Waals surface area contributed by atoms with Crippen molar-refractivity contribution in [3.8, 4) is 0 Å². The highest BCUT2D eigenvalue weighted by Crippen LogP contribution is 2.23. The van der Waals surface area contributed by atoms with Crippen LogP contribution in [0.4, 0.5) is 0 Å². The van der Waals surface area contributed by atoms with Crippen LogP contribution in [0.2, 0.25) is 0 Å². The van der Waals surface area contributed by atoms with Crippen LogP contribution >= 0.6 is 0 Å². The molecule has 0 aliphatic heterocycles. The summed E-state index contributed by atoms with van der Waals surface area (Å²) in [6.07, 6.45) is 4.16. The lowest BCUT2D eigenvalue weighted by Crippen LogP contribution is -2.43. The van der Waals surface area contributed by atoms with Gasteiger partial charge in [0.15, 0.2) is 6.61 Å². The van der Waals surface area contributed by atoms with Crippen LogP contribution in [-0.4, -0.2) is 39.5 Å². The molecule has 0 bridgehead atoms. The first-order valence-corrected chi connectivity index (χ1v) is 11.7. The van der Waals surface area contributed by atoms with Crippen LogP contribution in [0.15, 0.2) is 29.2 Å². The van der Waals surface area contributed by atoms with Gasteiger partial charge in [0.25, 0.3) is 5.91 Å². The van der Waals surface area contributed by atoms with Crippen molar-refractivity contribution in [3.05, 3.63) is 29.8 Å². The van der Waals surface area contributed by atoms with Crippen molar-refractivity contribution < 1.29 is 22.7 Å². The van der Waals surface area contributed by atoms with E-state index in [-0.39, 0.29) is 36.4 Å². The molecule has 1 aromatic rings. The number of benzene rings is 1. The molecule has 0 heterocycles. The third kappa shape index (κ3) is 7.44. The highest BCUT2D eigenvalue weighted by atomic mass is 32.2. The summed E-state index contributed by atoms with van der Waals surface area (Å²) in [5.74, 6) is -0.196. The Morgan fingerprint density at radius 1 is 1.14 bits per heavy atom. The van der Waals surface area contributed by atoms with Gasteiger partial charge in [0.2, 0.25) is 10.0 Å². The van der Waals surface area contributed by atoms with Crippen LogP contribution in [-0.2, 0) is 24.3 Å². The fourth-order valence-corrected chi connectivity index (χ4v) is 4.43. The Bertz CT molecular complexity index is 790. The fourth-order valence-electron chi connectivity index (χ4n) is 3.40. The number of nitrogens with one attached hydrogen (secondary N) is 2. The molecule has 0 unspecified atom stereocenters. The zero-order valence-electron chi connectivity index (χ0n) is 17.4. The molecular weight excluding hydrogens is 392 g/mol. The maximum Gasteiger partial charge on any atom is 0.307 e. The first kappa shape index (κ1) is 23.3. The smallest absolute Gasteiger partial charge is 0.307 e. The molecule has 2 atom stereocenters. The first-order chi connectivity index (χ1) is 13.7. The highest BCUT2D eigenvalue weighted by molar-refractivity contribution is 7.89. The number of carbonyl (C=O) groups is 2. The van der Waals surface area contributed by atoms with E-state index in [0.717, 1.165) is 24.8 Å². The number of esters is 1. The average molecular weight is 425 g/mol. The van der Waals surface area contributed by atoms with Crippen LogP contribution in [0.1, 0.15) is 64.4 Å². The Kier molecular flexibility index (Phi) is 8.64. The Hall–Kier alpha value is -1.93. The second-order valence-electron chi connectivity index (χ2n) is 7.97. The standard InChI is InChI=1S/C21H32N2O5S/c1-15(2)17-8-10-18(11-9-17)29(26,27)22-13-12-21(25)28-14-20(24)23-19-7-5-4-6-16(19)3/h8-11,15-16,19,22H,4-7,12-14H2,1-3H3,(H,23,24)/t16-,19-/m0/s1. The number of rotatable bonds is 9. The number of hydrogen-bond acceptors (Lipinski definition) is 5. The summed E-state index contributed by atoms with van der Waals surface area (Å²) in [6, 6.07) is 6.78. The van der Waals surface area contributed by atoms with Crippen LogP contribution in [0.3, 0.4) is 0 Å². The molecular formula is C21H32N2O5S. The van der Waals surface area contributed by atoms with Gasteiger partial charge in [-0.25, -0.2) is 13.1 Å². The molecule has 1 saturated carbocycles. The number of ether oxygens (including phenoxy) is 1. The van der Waals surface area contributed by atoms with Crippen molar-refractivity contribution in [2.24, 2.45) is 5.92 Å². The molecule has 8 heteroatoms. The summed E-state index contributed by atoms with van der Waals surface area (Å²) in [6.45, 7) is 5.74. The summed E-state index contributed by atoms with van der Waals surface area (Å²) in [5, 5.41) is 2.91. The second-order valence-corrected chi connectivity index (χ2v) is 9.73. The minimum atomic E-state index is -3.69. The number of amides is 1. The van der Waals surface area contributed by atoms with Gasteiger partial charge in [-0.1, -0.05) is 45.7 Å². The van der Waals surface area contributed by atoms with Gasteiger partial charge in [-0.05, 0) is 42.4 Å². The summed E-state index contributed by atoms with van der Waals surface area (Å²) >= 11 is 0. The molecule has 0 spiro atoms. The molecule has 2 rings (SSSR count). The van der Waals surface area contributed by atoms with E-state index in [1.807, 2.05) is 13.8 Å². The van der Waals surface area contributed by atoms with E-state index >= 15 is 0 Å². The van der Waals surface area contributed by atoms with Gasteiger partial charge in [-0.15, -0.1) is 0 Å². The lowest BCUT2D eigenvalue weighted by Gasteiger charge is -2.29. The average Bonchev–Trinajstić information content (AvgIpc) is 2.68. The Labute approximate surface area is 173 Å². The maximum atomic E-state index is 12.3. The highest BCUT2D eigenvalue weighted by Gasteiger charge is 2.23. The SMILES string of the molecule is CC(C)c1ccc(S(=O)(=O)NCCC(=O)OCC(=O)N[C@H]2CCCC[C@@H]2C)cc1. The molecule has 0 aromatic heterocycles. The Morgan fingerprint density at radius 3 is 2.41 bits per heavy atom. The maximum absolute atomic E-state index is 12.3. The Morgan fingerprint density at radius 2 is 1.79 bits per heavy atom. The lowest BCUT2D eigenvalue weighted by molar-refractivity contribution is -0.148. The third-order valence-corrected chi connectivity index (χ3v) is 6.78. The summed E-state index contributed by atoms with van der Waals surface area (Å²) < 4.78 is 31.9. The molecule has 1 amide bonds. The van der Waals surface area contributed by atoms with Gasteiger partial charge in [-0.2, -0.15) is 0 Å². The minimum Gasteiger partial charge on any atom is -0.456 e. The lowest BCUT2D eigenvalue weighted by atomic mass is 9.86. The monoisotopic (exact) mass is 424 g/mol. The van der Waals surface area contributed by atoms with Gasteiger partial charge in [-0.3, -0.25) is 9.59 Å². The minimum absolute atomic E-state index is 0.0889. The van der Waals surface area contributed by atoms with E-state index in [9.17, 15) is 18.0 Å². The molecule has 162 valence electrons. The molecule has 1 aromatic carbocycles. The number of sulfonamides is 1. The number of carbonyl (C=O) groups excluding carboxylic acids is 2. The van der Waals surface area contributed by atoms with E-state index in [1.54, 1.807) is 24.3 Å². The van der Waals surface area contributed by atoms with Gasteiger partial charge < -0.3 is 10.1 Å². The normalized spacial score (nSPS) is 19.7. The zero-order chi connectivity index (χ0) is 21.4. The quantitative estimate of drug-likeness (QED) is 0.594. The van der Waals surface area contributed by atoms with Crippen molar-refractivity contribution in [1.29, 1.82) is 0 Å². The predicted molar refractivity (Wildman–Crippen MR) is 111 cm³/mol. The van der Waals surface area contributed by atoms with Crippen LogP contribution in [0.25, 0.3) is 0 Å². The van der Waals surface area contributed by atoms with Crippen LogP contribution in [0, 0.1) is 5.92 Å². The van der Waals surface area contributed by atoms with Crippen molar-refractivity contribution in [1.82, 2.24) is 10.0 Å². The van der Waals surface area contributed by atoms with Crippen molar-refractivity contribution in [2.45, 2.75) is 69.7 Å². The zero-order valence-corrected chi connectivity index (χ0v) is 18.3. The van der Waals surface area contributed by atoms with E-state index in [4.69, 9.17) is 4.74 Å². The van der Waals surface area contributed by atoms with Crippen molar-refractivity contribution in [2.75, 3.05) is 13.2 Å². The molecule has 0 saturated heterocycles. The third-order valence-electron chi connectivity index (χ3n) is 5.30. The second kappa shape index (κ2) is 10.7. The van der Waals surface area contributed by atoms with Gasteiger partial charge >= 0.3 is 5.97 Å². The largest absolute Gasteiger partial charge is 0.456 e. The summed E-state index contributed by atoms with van der Waals surface area (Å²) in [7, 11) is -3.69. The van der Waals surface area contributed by atoms with E-state index < -0.39 is 16.0 Å².